The summed E-state index contributed by atoms with van der Waals surface area (Å²) < 4.78 is 54.3. The molecule has 0 aliphatic rings. The summed E-state index contributed by atoms with van der Waals surface area (Å²) in [6.45, 7) is -2.43. The highest BCUT2D eigenvalue weighted by Gasteiger charge is 2.28. The van der Waals surface area contributed by atoms with E-state index < -0.39 is 37.0 Å². The first-order chi connectivity index (χ1) is 13.1. The van der Waals surface area contributed by atoms with Crippen LogP contribution in [0.5, 0.6) is 0 Å². The molecule has 4 nitrogen and oxygen atoms in total. The monoisotopic (exact) mass is 415 g/mol. The lowest BCUT2D eigenvalue weighted by Crippen LogP contribution is -2.36. The van der Waals surface area contributed by atoms with Crippen molar-refractivity contribution in [3.63, 3.8) is 0 Å². The molecule has 0 radical (unpaired) electrons. The van der Waals surface area contributed by atoms with Gasteiger partial charge in [-0.25, -0.2) is 9.18 Å². The van der Waals surface area contributed by atoms with Crippen LogP contribution in [-0.4, -0.2) is 31.2 Å². The van der Waals surface area contributed by atoms with Gasteiger partial charge in [-0.1, -0.05) is 35.9 Å². The second kappa shape index (κ2) is 9.36. The molecule has 28 heavy (non-hydrogen) atoms. The summed E-state index contributed by atoms with van der Waals surface area (Å²) >= 11 is 5.81. The average Bonchev–Trinajstić information content (AvgIpc) is 2.64. The van der Waals surface area contributed by atoms with Crippen molar-refractivity contribution in [3.8, 4) is 0 Å². The van der Waals surface area contributed by atoms with E-state index in [4.69, 9.17) is 16.3 Å². The van der Waals surface area contributed by atoms with Gasteiger partial charge in [-0.3, -0.25) is 4.79 Å². The van der Waals surface area contributed by atoms with Crippen LogP contribution in [0.3, 0.4) is 0 Å². The molecule has 0 spiro atoms. The molecule has 0 unspecified atom stereocenters. The van der Waals surface area contributed by atoms with Crippen molar-refractivity contribution < 1.29 is 31.9 Å². The van der Waals surface area contributed by atoms with Gasteiger partial charge in [0.2, 0.25) is 0 Å². The Bertz CT molecular complexity index is 862. The summed E-state index contributed by atoms with van der Waals surface area (Å²) in [5.41, 5.74) is 0.866. The molecule has 0 atom stereocenters. The lowest BCUT2D eigenvalue weighted by atomic mass is 10.0. The Labute approximate surface area is 162 Å². The van der Waals surface area contributed by atoms with Crippen molar-refractivity contribution in [2.45, 2.75) is 6.18 Å². The lowest BCUT2D eigenvalue weighted by Gasteiger charge is -2.11. The third kappa shape index (κ3) is 7.03. The van der Waals surface area contributed by atoms with E-state index in [1.807, 2.05) is 0 Å². The molecule has 9 heteroatoms. The van der Waals surface area contributed by atoms with Gasteiger partial charge in [-0.05, 0) is 41.5 Å². The lowest BCUT2D eigenvalue weighted by molar-refractivity contribution is -0.147. The highest BCUT2D eigenvalue weighted by molar-refractivity contribution is 6.30. The van der Waals surface area contributed by atoms with Crippen LogP contribution in [-0.2, 0) is 14.3 Å². The Hall–Kier alpha value is -2.87. The quantitative estimate of drug-likeness (QED) is 0.332. The molecular formula is C19H14ClF4NO3. The van der Waals surface area contributed by atoms with Gasteiger partial charge in [0.15, 0.2) is 6.61 Å². The van der Waals surface area contributed by atoms with E-state index in [-0.39, 0.29) is 5.57 Å². The Balaban J connectivity index is 2.16. The topological polar surface area (TPSA) is 55.4 Å². The van der Waals surface area contributed by atoms with E-state index in [0.29, 0.717) is 16.1 Å². The summed E-state index contributed by atoms with van der Waals surface area (Å²) in [4.78, 5) is 23.8. The van der Waals surface area contributed by atoms with Gasteiger partial charge in [0.25, 0.3) is 5.91 Å². The molecule has 2 aromatic rings. The van der Waals surface area contributed by atoms with Crippen molar-refractivity contribution in [1.29, 1.82) is 0 Å². The predicted molar refractivity (Wildman–Crippen MR) is 95.7 cm³/mol. The number of halogens is 5. The first-order valence-electron chi connectivity index (χ1n) is 7.88. The van der Waals surface area contributed by atoms with Crippen molar-refractivity contribution in [1.82, 2.24) is 5.32 Å². The van der Waals surface area contributed by atoms with E-state index in [1.165, 1.54) is 18.2 Å². The highest BCUT2D eigenvalue weighted by atomic mass is 35.5. The van der Waals surface area contributed by atoms with Crippen LogP contribution >= 0.6 is 11.6 Å². The molecule has 0 bridgehead atoms. The van der Waals surface area contributed by atoms with Crippen LogP contribution < -0.4 is 5.32 Å². The summed E-state index contributed by atoms with van der Waals surface area (Å²) in [7, 11) is 0. The molecular weight excluding hydrogens is 402 g/mol. The molecule has 148 valence electrons. The maximum Gasteiger partial charge on any atom is 0.405 e. The number of nitrogens with one attached hydrogen (secondary N) is 1. The maximum absolute atomic E-state index is 13.2. The minimum absolute atomic E-state index is 0.00839. The molecule has 0 aromatic heterocycles. The standard InChI is InChI=1S/C19H14ClF4NO3/c20-14-5-1-12(2-6-14)9-16(13-3-7-15(21)8-4-13)18(27)28-10-17(26)25-11-19(22,23)24/h1-9H,10-11H2,(H,25,26)/b16-9+. The van der Waals surface area contributed by atoms with Gasteiger partial charge in [-0.15, -0.1) is 0 Å². The molecule has 0 saturated carbocycles. The number of amides is 1. The smallest absolute Gasteiger partial charge is 0.405 e. The van der Waals surface area contributed by atoms with Crippen molar-refractivity contribution >= 4 is 35.1 Å². The van der Waals surface area contributed by atoms with E-state index in [1.54, 1.807) is 29.6 Å². The number of alkyl halides is 3. The minimum atomic E-state index is -4.58. The molecule has 0 aliphatic carbocycles. The molecule has 1 N–H and O–H groups in total. The summed E-state index contributed by atoms with van der Waals surface area (Å²) in [5, 5.41) is 2.07. The molecule has 0 saturated heterocycles. The number of carbonyl (C=O) groups is 2. The van der Waals surface area contributed by atoms with E-state index >= 15 is 0 Å². The average molecular weight is 416 g/mol. The normalized spacial score (nSPS) is 11.8. The fourth-order valence-corrected chi connectivity index (χ4v) is 2.20. The molecule has 2 aromatic carbocycles. The van der Waals surface area contributed by atoms with Crippen LogP contribution in [0.4, 0.5) is 17.6 Å². The van der Waals surface area contributed by atoms with Gasteiger partial charge in [0, 0.05) is 5.02 Å². The van der Waals surface area contributed by atoms with E-state index in [0.717, 1.165) is 12.1 Å². The number of benzene rings is 2. The number of esters is 1. The van der Waals surface area contributed by atoms with Gasteiger partial charge in [0.05, 0.1) is 5.57 Å². The number of ether oxygens (including phenoxy) is 1. The largest absolute Gasteiger partial charge is 0.452 e. The van der Waals surface area contributed by atoms with Gasteiger partial charge < -0.3 is 10.1 Å². The summed E-state index contributed by atoms with van der Waals surface area (Å²) in [6, 6.07) is 11.4. The molecule has 1 amide bonds. The SMILES string of the molecule is O=C(COC(=O)/C(=C/c1ccc(Cl)cc1)c1ccc(F)cc1)NCC(F)(F)F. The molecule has 2 rings (SSSR count). The second-order valence-electron chi connectivity index (χ2n) is 5.58. The fraction of sp³-hybridized carbons (Fsp3) is 0.158. The van der Waals surface area contributed by atoms with E-state index in [9.17, 15) is 27.2 Å². The third-order valence-corrected chi connectivity index (χ3v) is 3.63. The van der Waals surface area contributed by atoms with Crippen LogP contribution in [0.25, 0.3) is 11.6 Å². The van der Waals surface area contributed by atoms with Crippen LogP contribution in [0.2, 0.25) is 5.02 Å². The zero-order valence-electron chi connectivity index (χ0n) is 14.2. The van der Waals surface area contributed by atoms with Crippen molar-refractivity contribution in [2.24, 2.45) is 0 Å². The minimum Gasteiger partial charge on any atom is -0.452 e. The molecule has 0 heterocycles. The van der Waals surface area contributed by atoms with Gasteiger partial charge >= 0.3 is 12.1 Å². The fourth-order valence-electron chi connectivity index (χ4n) is 2.07. The third-order valence-electron chi connectivity index (χ3n) is 3.38. The van der Waals surface area contributed by atoms with Crippen LogP contribution in [0, 0.1) is 5.82 Å². The van der Waals surface area contributed by atoms with Crippen LogP contribution in [0.1, 0.15) is 11.1 Å². The number of rotatable bonds is 6. The first-order valence-corrected chi connectivity index (χ1v) is 8.25. The van der Waals surface area contributed by atoms with Gasteiger partial charge in [-0.2, -0.15) is 13.2 Å². The maximum atomic E-state index is 13.2. The first kappa shape index (κ1) is 21.4. The predicted octanol–water partition coefficient (Wildman–Crippen LogP) is 4.24. The highest BCUT2D eigenvalue weighted by Crippen LogP contribution is 2.21. The van der Waals surface area contributed by atoms with Crippen LogP contribution in [0.15, 0.2) is 48.5 Å². The van der Waals surface area contributed by atoms with Gasteiger partial charge in [0.1, 0.15) is 12.4 Å². The zero-order chi connectivity index (χ0) is 20.7. The number of hydrogen-bond acceptors (Lipinski definition) is 3. The molecule has 0 aliphatic heterocycles. The Morgan fingerprint density at radius 3 is 2.21 bits per heavy atom. The Kier molecular flexibility index (Phi) is 7.17. The Morgan fingerprint density at radius 2 is 1.64 bits per heavy atom. The second-order valence-corrected chi connectivity index (χ2v) is 6.02. The van der Waals surface area contributed by atoms with E-state index in [2.05, 4.69) is 0 Å². The number of hydrogen-bond donors (Lipinski definition) is 1. The summed E-state index contributed by atoms with van der Waals surface area (Å²) in [6.07, 6.45) is -3.15. The summed E-state index contributed by atoms with van der Waals surface area (Å²) in [5.74, 6) is -2.58. The van der Waals surface area contributed by atoms with Crippen molar-refractivity contribution in [2.75, 3.05) is 13.2 Å². The van der Waals surface area contributed by atoms with Crippen molar-refractivity contribution in [3.05, 3.63) is 70.5 Å². The molecule has 0 fully saturated rings. The zero-order valence-corrected chi connectivity index (χ0v) is 15.0. The Morgan fingerprint density at radius 1 is 1.04 bits per heavy atom. The number of carbonyl (C=O) groups excluding carboxylic acids is 2.